The molecule has 1 aliphatic carbocycles. The van der Waals surface area contributed by atoms with Crippen LogP contribution in [-0.2, 0) is 15.3 Å². The van der Waals surface area contributed by atoms with Gasteiger partial charge in [-0.15, -0.1) is 0 Å². The molecule has 0 saturated heterocycles. The Morgan fingerprint density at radius 2 is 1.33 bits per heavy atom. The summed E-state index contributed by atoms with van der Waals surface area (Å²) in [4.78, 5) is 5.29. The van der Waals surface area contributed by atoms with E-state index in [0.29, 0.717) is 26.5 Å². The Morgan fingerprint density at radius 3 is 1.96 bits per heavy atom. The van der Waals surface area contributed by atoms with Crippen LogP contribution < -0.4 is 0 Å². The Kier molecular flexibility index (Phi) is 5.66. The van der Waals surface area contributed by atoms with Gasteiger partial charge in [-0.05, 0) is 87.0 Å². The summed E-state index contributed by atoms with van der Waals surface area (Å²) in [5.74, 6) is 0.766. The zero-order valence-electron chi connectivity index (χ0n) is 25.5. The number of allylic oxidation sites excluding steroid dienone is 4. The van der Waals surface area contributed by atoms with Crippen LogP contribution in [0.5, 0.6) is 0 Å². The zero-order chi connectivity index (χ0) is 31.2. The molecular formula is C41H30N2O2S. The Bertz CT molecular complexity index is 2530. The number of hydrogen-bond acceptors (Lipinski definition) is 3. The molecule has 1 unspecified atom stereocenters. The quantitative estimate of drug-likeness (QED) is 0.186. The van der Waals surface area contributed by atoms with Gasteiger partial charge in [0.05, 0.1) is 26.5 Å². The molecule has 6 aromatic carbocycles. The van der Waals surface area contributed by atoms with Crippen LogP contribution >= 0.6 is 0 Å². The van der Waals surface area contributed by atoms with Crippen LogP contribution in [-0.4, -0.2) is 18.0 Å². The standard InChI is InChI=1S/C41H30N2O2S/c1-26-42-34-15-10-16-36-40(34)43(26)35-22-19-28(25-37(35)46(36,44)45)39-32-13-6-4-11-30(32)38(31-12-5-7-14-33(31)39)27-17-20-29(21-18-27)41(2)23-8-3-9-24-41/h3-23,25H,24H2,1-2H3. The van der Waals surface area contributed by atoms with Crippen molar-refractivity contribution in [2.75, 3.05) is 0 Å². The lowest BCUT2D eigenvalue weighted by molar-refractivity contribution is 0.594. The molecule has 46 heavy (non-hydrogen) atoms. The van der Waals surface area contributed by atoms with Gasteiger partial charge in [0.2, 0.25) is 9.84 Å². The fourth-order valence-electron chi connectivity index (χ4n) is 7.62. The molecule has 2 aliphatic rings. The van der Waals surface area contributed by atoms with Crippen molar-refractivity contribution in [3.05, 3.63) is 145 Å². The van der Waals surface area contributed by atoms with Crippen LogP contribution in [0.25, 0.3) is 60.5 Å². The Labute approximate surface area is 267 Å². The first-order valence-electron chi connectivity index (χ1n) is 15.6. The van der Waals surface area contributed by atoms with Crippen molar-refractivity contribution in [3.8, 4) is 27.9 Å². The third-order valence-electron chi connectivity index (χ3n) is 9.89. The number of fused-ring (bicyclic) bond motifs is 4. The molecule has 1 aliphatic heterocycles. The number of imidazole rings is 1. The van der Waals surface area contributed by atoms with Gasteiger partial charge in [0.15, 0.2) is 0 Å². The summed E-state index contributed by atoms with van der Waals surface area (Å²) in [6, 6.07) is 37.2. The van der Waals surface area contributed by atoms with Crippen LogP contribution in [0.15, 0.2) is 143 Å². The summed E-state index contributed by atoms with van der Waals surface area (Å²) in [5.41, 5.74) is 7.50. The first-order chi connectivity index (χ1) is 22.3. The lowest BCUT2D eigenvalue weighted by Crippen LogP contribution is -2.19. The molecular weight excluding hydrogens is 585 g/mol. The van der Waals surface area contributed by atoms with Crippen molar-refractivity contribution in [3.63, 3.8) is 0 Å². The van der Waals surface area contributed by atoms with Gasteiger partial charge in [0.25, 0.3) is 0 Å². The molecule has 0 N–H and O–H groups in total. The molecule has 5 heteroatoms. The van der Waals surface area contributed by atoms with Crippen molar-refractivity contribution in [2.24, 2.45) is 0 Å². The van der Waals surface area contributed by atoms with E-state index in [0.717, 1.165) is 50.5 Å². The second-order valence-corrected chi connectivity index (χ2v) is 14.5. The molecule has 9 rings (SSSR count). The SMILES string of the molecule is Cc1nc2cccc3c2n1-c1ccc(-c2c4ccccc4c(-c4ccc(C5(C)C=CC=CC5)cc4)c4ccccc24)cc1S3(=O)=O. The van der Waals surface area contributed by atoms with Crippen LogP contribution in [0, 0.1) is 6.92 Å². The number of nitrogens with zero attached hydrogens (tertiary/aromatic N) is 2. The van der Waals surface area contributed by atoms with E-state index in [1.54, 1.807) is 12.1 Å². The summed E-state index contributed by atoms with van der Waals surface area (Å²) in [6.07, 6.45) is 9.76. The van der Waals surface area contributed by atoms with E-state index in [-0.39, 0.29) is 5.41 Å². The van der Waals surface area contributed by atoms with Gasteiger partial charge in [0, 0.05) is 5.41 Å². The smallest absolute Gasteiger partial charge is 0.210 e. The number of sulfone groups is 1. The van der Waals surface area contributed by atoms with Crippen LogP contribution in [0.4, 0.5) is 0 Å². The first-order valence-corrected chi connectivity index (χ1v) is 17.1. The van der Waals surface area contributed by atoms with E-state index in [2.05, 4.69) is 115 Å². The lowest BCUT2D eigenvalue weighted by atomic mass is 9.77. The first kappa shape index (κ1) is 27.1. The van der Waals surface area contributed by atoms with Crippen molar-refractivity contribution in [1.82, 2.24) is 9.55 Å². The number of hydrogen-bond donors (Lipinski definition) is 0. The third kappa shape index (κ3) is 3.72. The maximum atomic E-state index is 14.2. The van der Waals surface area contributed by atoms with Crippen LogP contribution in [0.3, 0.4) is 0 Å². The van der Waals surface area contributed by atoms with Crippen molar-refractivity contribution in [2.45, 2.75) is 35.5 Å². The minimum absolute atomic E-state index is 0.0183. The molecule has 0 saturated carbocycles. The van der Waals surface area contributed by atoms with Crippen LogP contribution in [0.1, 0.15) is 24.7 Å². The van der Waals surface area contributed by atoms with E-state index in [4.69, 9.17) is 0 Å². The molecule has 0 bridgehead atoms. The van der Waals surface area contributed by atoms with Gasteiger partial charge < -0.3 is 0 Å². The molecule has 0 amide bonds. The van der Waals surface area contributed by atoms with Gasteiger partial charge in [0.1, 0.15) is 5.82 Å². The largest absolute Gasteiger partial charge is 0.294 e. The molecule has 2 heterocycles. The van der Waals surface area contributed by atoms with Gasteiger partial charge in [-0.25, -0.2) is 13.4 Å². The van der Waals surface area contributed by atoms with E-state index in [1.807, 2.05) is 29.7 Å². The molecule has 7 aromatic rings. The van der Waals surface area contributed by atoms with Gasteiger partial charge in [-0.2, -0.15) is 0 Å². The molecule has 222 valence electrons. The van der Waals surface area contributed by atoms with E-state index in [1.165, 1.54) is 11.1 Å². The van der Waals surface area contributed by atoms with Gasteiger partial charge in [-0.1, -0.05) is 116 Å². The molecule has 1 atom stereocenters. The normalized spacial score (nSPS) is 18.0. The van der Waals surface area contributed by atoms with E-state index >= 15 is 0 Å². The lowest BCUT2D eigenvalue weighted by Gasteiger charge is -2.27. The number of rotatable bonds is 3. The molecule has 1 aromatic heterocycles. The highest BCUT2D eigenvalue weighted by Crippen LogP contribution is 2.46. The Morgan fingerprint density at radius 1 is 0.696 bits per heavy atom. The fourth-order valence-corrected chi connectivity index (χ4v) is 9.28. The zero-order valence-corrected chi connectivity index (χ0v) is 26.3. The summed E-state index contributed by atoms with van der Waals surface area (Å²) < 4.78 is 30.3. The van der Waals surface area contributed by atoms with E-state index < -0.39 is 9.84 Å². The molecule has 0 radical (unpaired) electrons. The van der Waals surface area contributed by atoms with Crippen molar-refractivity contribution < 1.29 is 8.42 Å². The second kappa shape index (κ2) is 9.62. The predicted molar refractivity (Wildman–Crippen MR) is 187 cm³/mol. The van der Waals surface area contributed by atoms with Crippen LogP contribution in [0.2, 0.25) is 0 Å². The highest BCUT2D eigenvalue weighted by molar-refractivity contribution is 7.92. The maximum absolute atomic E-state index is 14.2. The highest BCUT2D eigenvalue weighted by Gasteiger charge is 2.33. The molecule has 0 fully saturated rings. The van der Waals surface area contributed by atoms with Gasteiger partial charge >= 0.3 is 0 Å². The summed E-state index contributed by atoms with van der Waals surface area (Å²) >= 11 is 0. The number of aromatic nitrogens is 2. The van der Waals surface area contributed by atoms with E-state index in [9.17, 15) is 8.42 Å². The molecule has 4 nitrogen and oxygen atoms in total. The summed E-state index contributed by atoms with van der Waals surface area (Å²) in [7, 11) is -3.77. The number of aryl methyl sites for hydroxylation is 1. The van der Waals surface area contributed by atoms with Crippen molar-refractivity contribution in [1.29, 1.82) is 0 Å². The minimum Gasteiger partial charge on any atom is -0.294 e. The highest BCUT2D eigenvalue weighted by atomic mass is 32.2. The summed E-state index contributed by atoms with van der Waals surface area (Å²) in [6.45, 7) is 4.21. The average Bonchev–Trinajstić information content (AvgIpc) is 3.42. The summed E-state index contributed by atoms with van der Waals surface area (Å²) in [5, 5.41) is 4.44. The minimum atomic E-state index is -3.77. The maximum Gasteiger partial charge on any atom is 0.210 e. The van der Waals surface area contributed by atoms with Gasteiger partial charge in [-0.3, -0.25) is 4.57 Å². The average molecular weight is 615 g/mol. The predicted octanol–water partition coefficient (Wildman–Crippen LogP) is 9.89. The number of para-hydroxylation sites is 1. The third-order valence-corrected chi connectivity index (χ3v) is 11.7. The monoisotopic (exact) mass is 614 g/mol. The number of benzene rings is 6. The fraction of sp³-hybridized carbons (Fsp3) is 0.0976. The topological polar surface area (TPSA) is 52.0 Å². The second-order valence-electron chi connectivity index (χ2n) is 12.6. The molecule has 0 spiro atoms. The Balaban J connectivity index is 1.28. The van der Waals surface area contributed by atoms with Crippen molar-refractivity contribution >= 4 is 42.4 Å². The Hall–Kier alpha value is -5.26.